The minimum absolute atomic E-state index is 0.0179. The van der Waals surface area contributed by atoms with Crippen molar-refractivity contribution in [3.63, 3.8) is 0 Å². The average Bonchev–Trinajstić information content (AvgIpc) is 3.54. The van der Waals surface area contributed by atoms with Crippen LogP contribution in [0.1, 0.15) is 49.2 Å². The number of benzene rings is 1. The lowest BCUT2D eigenvalue weighted by molar-refractivity contribution is -0.384. The number of nitrogens with one attached hydrogen (secondary N) is 1. The molecule has 1 aliphatic heterocycles. The molecule has 8 heteroatoms. The third-order valence-corrected chi connectivity index (χ3v) is 6.60. The topological polar surface area (TPSA) is 76.2 Å². The molecule has 1 saturated heterocycles. The number of nitro benzene ring substituents is 1. The Labute approximate surface area is 185 Å². The lowest BCUT2D eigenvalue weighted by atomic mass is 9.99. The number of pyridine rings is 1. The van der Waals surface area contributed by atoms with Gasteiger partial charge in [-0.1, -0.05) is 18.9 Å². The summed E-state index contributed by atoms with van der Waals surface area (Å²) in [4.78, 5) is 17.7. The number of non-ortho nitro benzene ring substituents is 1. The van der Waals surface area contributed by atoms with E-state index in [-0.39, 0.29) is 22.7 Å². The summed E-state index contributed by atoms with van der Waals surface area (Å²) in [5, 5.41) is 15.4. The zero-order valence-electron chi connectivity index (χ0n) is 16.9. The smallest absolute Gasteiger partial charge is 0.269 e. The van der Waals surface area contributed by atoms with Crippen LogP contribution in [-0.4, -0.2) is 30.5 Å². The largest absolute Gasteiger partial charge is 0.352 e. The fraction of sp³-hybridized carbons (Fsp3) is 0.304. The van der Waals surface area contributed by atoms with Crippen molar-refractivity contribution in [3.05, 3.63) is 88.5 Å². The fourth-order valence-electron chi connectivity index (χ4n) is 4.86. The molecule has 1 aromatic carbocycles. The molecule has 2 fully saturated rings. The van der Waals surface area contributed by atoms with Crippen LogP contribution in [0.4, 0.5) is 5.69 Å². The van der Waals surface area contributed by atoms with Crippen LogP contribution in [0.15, 0.2) is 67.0 Å². The molecule has 0 radical (unpaired) electrons. The number of aromatic nitrogens is 2. The second kappa shape index (κ2) is 8.11. The van der Waals surface area contributed by atoms with Crippen LogP contribution >= 0.6 is 12.2 Å². The summed E-state index contributed by atoms with van der Waals surface area (Å²) < 4.78 is 2.10. The molecule has 1 aliphatic carbocycles. The van der Waals surface area contributed by atoms with Crippen LogP contribution in [0.25, 0.3) is 5.69 Å². The van der Waals surface area contributed by atoms with Gasteiger partial charge in [0.2, 0.25) is 0 Å². The molecule has 3 heterocycles. The van der Waals surface area contributed by atoms with E-state index in [0.717, 1.165) is 35.0 Å². The summed E-state index contributed by atoms with van der Waals surface area (Å²) in [6.07, 6.45) is 8.50. The number of hydrogen-bond acceptors (Lipinski definition) is 4. The van der Waals surface area contributed by atoms with Crippen LogP contribution in [0.5, 0.6) is 0 Å². The Balaban J connectivity index is 1.59. The van der Waals surface area contributed by atoms with E-state index in [1.54, 1.807) is 24.3 Å². The van der Waals surface area contributed by atoms with Gasteiger partial charge in [0.15, 0.2) is 5.11 Å². The van der Waals surface area contributed by atoms with E-state index in [0.29, 0.717) is 6.04 Å². The van der Waals surface area contributed by atoms with Crippen molar-refractivity contribution in [2.45, 2.75) is 43.8 Å². The molecule has 1 N–H and O–H groups in total. The van der Waals surface area contributed by atoms with Gasteiger partial charge in [-0.15, -0.1) is 0 Å². The van der Waals surface area contributed by atoms with E-state index in [2.05, 4.69) is 25.8 Å². The molecule has 2 aliphatic rings. The van der Waals surface area contributed by atoms with Gasteiger partial charge in [0.25, 0.3) is 5.69 Å². The Kier molecular flexibility index (Phi) is 5.15. The molecule has 0 unspecified atom stereocenters. The van der Waals surface area contributed by atoms with Gasteiger partial charge >= 0.3 is 0 Å². The highest BCUT2D eigenvalue weighted by Crippen LogP contribution is 2.43. The normalized spacial score (nSPS) is 21.4. The molecule has 31 heavy (non-hydrogen) atoms. The first kappa shape index (κ1) is 19.7. The first-order valence-electron chi connectivity index (χ1n) is 10.6. The van der Waals surface area contributed by atoms with E-state index in [1.165, 1.54) is 12.8 Å². The summed E-state index contributed by atoms with van der Waals surface area (Å²) in [6.45, 7) is 0. The lowest BCUT2D eigenvalue weighted by Crippen LogP contribution is -2.38. The monoisotopic (exact) mass is 433 g/mol. The third kappa shape index (κ3) is 3.57. The maximum absolute atomic E-state index is 11.1. The van der Waals surface area contributed by atoms with E-state index < -0.39 is 0 Å². The minimum Gasteiger partial charge on any atom is -0.352 e. The van der Waals surface area contributed by atoms with E-state index in [4.69, 9.17) is 12.2 Å². The standard InChI is InChI=1S/C23H23N5O2S/c29-28(30)18-12-10-16(11-13-18)26-15-5-9-20(26)22-21(19-8-3-4-14-24-19)25-23(31)27(22)17-6-1-2-7-17/h3-5,8-15,17,21-22H,1-2,6-7H2,(H,25,31)/t21-,22-/m0/s1. The van der Waals surface area contributed by atoms with Gasteiger partial charge in [-0.3, -0.25) is 15.1 Å². The average molecular weight is 434 g/mol. The summed E-state index contributed by atoms with van der Waals surface area (Å²) in [5.41, 5.74) is 3.00. The van der Waals surface area contributed by atoms with Crippen molar-refractivity contribution in [2.75, 3.05) is 0 Å². The van der Waals surface area contributed by atoms with Gasteiger partial charge in [-0.25, -0.2) is 0 Å². The summed E-state index contributed by atoms with van der Waals surface area (Å²) in [6, 6.07) is 17.1. The molecule has 7 nitrogen and oxygen atoms in total. The van der Waals surface area contributed by atoms with Gasteiger partial charge in [0, 0.05) is 41.9 Å². The molecular formula is C23H23N5O2S. The highest BCUT2D eigenvalue weighted by atomic mass is 32.1. The predicted molar refractivity (Wildman–Crippen MR) is 122 cm³/mol. The Morgan fingerprint density at radius 1 is 1.06 bits per heavy atom. The maximum atomic E-state index is 11.1. The quantitative estimate of drug-likeness (QED) is 0.357. The molecule has 1 saturated carbocycles. The van der Waals surface area contributed by atoms with Crippen LogP contribution in [0.2, 0.25) is 0 Å². The minimum atomic E-state index is -0.376. The maximum Gasteiger partial charge on any atom is 0.269 e. The van der Waals surface area contributed by atoms with Crippen molar-refractivity contribution < 1.29 is 4.92 Å². The van der Waals surface area contributed by atoms with Gasteiger partial charge in [-0.2, -0.15) is 0 Å². The number of rotatable bonds is 5. The van der Waals surface area contributed by atoms with Crippen LogP contribution in [0.3, 0.4) is 0 Å². The summed E-state index contributed by atoms with van der Waals surface area (Å²) >= 11 is 5.81. The number of hydrogen-bond donors (Lipinski definition) is 1. The predicted octanol–water partition coefficient (Wildman–Crippen LogP) is 4.70. The van der Waals surface area contributed by atoms with E-state index in [1.807, 2.05) is 36.7 Å². The highest BCUT2D eigenvalue weighted by Gasteiger charge is 2.44. The van der Waals surface area contributed by atoms with Crippen LogP contribution in [-0.2, 0) is 0 Å². The van der Waals surface area contributed by atoms with E-state index in [9.17, 15) is 10.1 Å². The third-order valence-electron chi connectivity index (χ3n) is 6.28. The first-order valence-corrected chi connectivity index (χ1v) is 11.0. The fourth-order valence-corrected chi connectivity index (χ4v) is 5.25. The van der Waals surface area contributed by atoms with Gasteiger partial charge in [0.1, 0.15) is 0 Å². The Morgan fingerprint density at radius 2 is 1.84 bits per heavy atom. The van der Waals surface area contributed by atoms with Crippen molar-refractivity contribution in [1.29, 1.82) is 0 Å². The van der Waals surface area contributed by atoms with Crippen molar-refractivity contribution in [1.82, 2.24) is 19.8 Å². The molecule has 158 valence electrons. The van der Waals surface area contributed by atoms with Gasteiger partial charge in [0.05, 0.1) is 22.7 Å². The molecular weight excluding hydrogens is 410 g/mol. The van der Waals surface area contributed by atoms with Crippen molar-refractivity contribution in [2.24, 2.45) is 0 Å². The zero-order valence-corrected chi connectivity index (χ0v) is 17.7. The Hall–Kier alpha value is -3.26. The summed E-state index contributed by atoms with van der Waals surface area (Å²) in [7, 11) is 0. The first-order chi connectivity index (χ1) is 15.1. The second-order valence-corrected chi connectivity index (χ2v) is 8.44. The van der Waals surface area contributed by atoms with Crippen LogP contribution < -0.4 is 5.32 Å². The Bertz CT molecular complexity index is 1090. The number of nitro groups is 1. The zero-order chi connectivity index (χ0) is 21.4. The molecule has 0 amide bonds. The van der Waals surface area contributed by atoms with Crippen molar-refractivity contribution >= 4 is 23.0 Å². The van der Waals surface area contributed by atoms with E-state index >= 15 is 0 Å². The molecule has 0 spiro atoms. The molecule has 2 atom stereocenters. The SMILES string of the molecule is O=[N+]([O-])c1ccc(-n2cccc2[C@H]2[C@H](c3ccccn3)NC(=S)N2C2CCCC2)cc1. The van der Waals surface area contributed by atoms with Crippen LogP contribution in [0, 0.1) is 10.1 Å². The second-order valence-electron chi connectivity index (χ2n) is 8.05. The van der Waals surface area contributed by atoms with Gasteiger partial charge < -0.3 is 14.8 Å². The Morgan fingerprint density at radius 3 is 2.52 bits per heavy atom. The highest BCUT2D eigenvalue weighted by molar-refractivity contribution is 7.80. The van der Waals surface area contributed by atoms with Crippen molar-refractivity contribution in [3.8, 4) is 5.69 Å². The number of thiocarbonyl (C=S) groups is 1. The van der Waals surface area contributed by atoms with Gasteiger partial charge in [-0.05, 0) is 61.5 Å². The lowest BCUT2D eigenvalue weighted by Gasteiger charge is -2.33. The molecule has 2 aromatic heterocycles. The molecule has 0 bridgehead atoms. The summed E-state index contributed by atoms with van der Waals surface area (Å²) in [5.74, 6) is 0. The molecule has 3 aromatic rings. The molecule has 5 rings (SSSR count). The number of nitrogens with zero attached hydrogens (tertiary/aromatic N) is 4.